The monoisotopic (exact) mass is 357 g/mol. The number of hydrogen-bond acceptors (Lipinski definition) is 3. The molecule has 0 radical (unpaired) electrons. The Balaban J connectivity index is 1.73. The third-order valence-electron chi connectivity index (χ3n) is 4.91. The summed E-state index contributed by atoms with van der Waals surface area (Å²) in [6, 6.07) is 11.4. The Morgan fingerprint density at radius 3 is 2.46 bits per heavy atom. The second kappa shape index (κ2) is 7.13. The zero-order valence-corrected chi connectivity index (χ0v) is 14.6. The number of aromatic nitrogens is 2. The molecule has 6 heteroatoms. The lowest BCUT2D eigenvalue weighted by atomic mass is 10.0. The zero-order valence-electron chi connectivity index (χ0n) is 14.6. The number of rotatable bonds is 4. The summed E-state index contributed by atoms with van der Waals surface area (Å²) in [7, 11) is 2.06. The van der Waals surface area contributed by atoms with Gasteiger partial charge in [-0.15, -0.1) is 0 Å². The molecule has 1 saturated heterocycles. The smallest absolute Gasteiger partial charge is 0.146 e. The minimum absolute atomic E-state index is 0.0663. The number of piperidine rings is 1. The summed E-state index contributed by atoms with van der Waals surface area (Å²) >= 11 is 0. The fourth-order valence-electron chi connectivity index (χ4n) is 3.44. The van der Waals surface area contributed by atoms with Gasteiger partial charge in [0.05, 0.1) is 22.7 Å². The predicted molar refractivity (Wildman–Crippen MR) is 95.9 cm³/mol. The van der Waals surface area contributed by atoms with Crippen molar-refractivity contribution in [1.29, 1.82) is 0 Å². The van der Waals surface area contributed by atoms with Gasteiger partial charge in [0, 0.05) is 13.1 Å². The number of aromatic amines is 1. The van der Waals surface area contributed by atoms with E-state index in [1.54, 1.807) is 0 Å². The van der Waals surface area contributed by atoms with E-state index in [-0.39, 0.29) is 11.7 Å². The number of imidazole rings is 1. The molecule has 0 aliphatic carbocycles. The molecule has 3 aromatic rings. The van der Waals surface area contributed by atoms with Crippen LogP contribution in [0.25, 0.3) is 11.0 Å². The van der Waals surface area contributed by atoms with Crippen LogP contribution in [0.4, 0.5) is 8.78 Å². The molecule has 1 N–H and O–H groups in total. The van der Waals surface area contributed by atoms with E-state index in [1.165, 1.54) is 18.2 Å². The third kappa shape index (κ3) is 3.34. The number of H-pyrrole nitrogens is 1. The largest absolute Gasteiger partial charge is 0.362 e. The number of hydrogen-bond donors (Lipinski definition) is 1. The van der Waals surface area contributed by atoms with E-state index in [0.29, 0.717) is 5.82 Å². The van der Waals surface area contributed by atoms with Crippen molar-refractivity contribution >= 4 is 11.0 Å². The Hall–Kier alpha value is -2.31. The maximum absolute atomic E-state index is 14.5. The van der Waals surface area contributed by atoms with E-state index >= 15 is 0 Å². The Kier molecular flexibility index (Phi) is 4.70. The highest BCUT2D eigenvalue weighted by molar-refractivity contribution is 5.74. The molecule has 1 aliphatic heterocycles. The number of likely N-dealkylation sites (tertiary alicyclic amines) is 1. The topological polar surface area (TPSA) is 41.1 Å². The first-order valence-corrected chi connectivity index (χ1v) is 8.84. The van der Waals surface area contributed by atoms with Gasteiger partial charge >= 0.3 is 0 Å². The summed E-state index contributed by atoms with van der Waals surface area (Å²) in [5, 5.41) is 0. The highest BCUT2D eigenvalue weighted by Crippen LogP contribution is 2.32. The first-order valence-electron chi connectivity index (χ1n) is 8.84. The standard InChI is InChI=1S/C20H21F2N3O/c1-25-11-9-13(10-12-25)26-19(18-14(21)5-4-6-15(18)22)20-23-16-7-2-3-8-17(16)24-20/h2-8,13,19H,9-12H2,1H3,(H,23,24). The van der Waals surface area contributed by atoms with Gasteiger partial charge in [0.2, 0.25) is 0 Å². The van der Waals surface area contributed by atoms with Crippen LogP contribution in [0.1, 0.15) is 30.3 Å². The highest BCUT2D eigenvalue weighted by Gasteiger charge is 2.30. The second-order valence-electron chi connectivity index (χ2n) is 6.79. The minimum Gasteiger partial charge on any atom is -0.362 e. The molecule has 4 nitrogen and oxygen atoms in total. The molecule has 1 fully saturated rings. The average molecular weight is 357 g/mol. The number of fused-ring (bicyclic) bond motifs is 1. The highest BCUT2D eigenvalue weighted by atomic mass is 19.1. The van der Waals surface area contributed by atoms with Crippen LogP contribution in [0.15, 0.2) is 42.5 Å². The molecular weight excluding hydrogens is 336 g/mol. The fraction of sp³-hybridized carbons (Fsp3) is 0.350. The molecule has 0 spiro atoms. The van der Waals surface area contributed by atoms with Gasteiger partial charge in [-0.1, -0.05) is 18.2 Å². The first kappa shape index (κ1) is 17.1. The van der Waals surface area contributed by atoms with Crippen molar-refractivity contribution in [2.24, 2.45) is 0 Å². The summed E-state index contributed by atoms with van der Waals surface area (Å²) in [6.45, 7) is 1.80. The zero-order chi connectivity index (χ0) is 18.1. The van der Waals surface area contributed by atoms with Crippen LogP contribution in [0.2, 0.25) is 0 Å². The summed E-state index contributed by atoms with van der Waals surface area (Å²) in [5.41, 5.74) is 1.47. The molecule has 136 valence electrons. The van der Waals surface area contributed by atoms with Gasteiger partial charge in [0.15, 0.2) is 0 Å². The molecule has 1 aliphatic rings. The molecule has 1 unspecified atom stereocenters. The number of benzene rings is 2. The van der Waals surface area contributed by atoms with Gasteiger partial charge in [-0.25, -0.2) is 13.8 Å². The molecule has 2 heterocycles. The van der Waals surface area contributed by atoms with Crippen LogP contribution in [0.3, 0.4) is 0 Å². The average Bonchev–Trinajstić information content (AvgIpc) is 3.06. The van der Waals surface area contributed by atoms with Crippen LogP contribution in [0, 0.1) is 11.6 Å². The van der Waals surface area contributed by atoms with E-state index in [9.17, 15) is 8.78 Å². The molecule has 4 rings (SSSR count). The summed E-state index contributed by atoms with van der Waals surface area (Å²) in [4.78, 5) is 9.92. The van der Waals surface area contributed by atoms with Crippen LogP contribution in [0.5, 0.6) is 0 Å². The van der Waals surface area contributed by atoms with Crippen molar-refractivity contribution in [2.45, 2.75) is 25.0 Å². The van der Waals surface area contributed by atoms with Crippen molar-refractivity contribution in [3.8, 4) is 0 Å². The molecule has 0 bridgehead atoms. The lowest BCUT2D eigenvalue weighted by molar-refractivity contribution is -0.0289. The number of nitrogens with one attached hydrogen (secondary N) is 1. The van der Waals surface area contributed by atoms with Gasteiger partial charge in [-0.05, 0) is 44.2 Å². The Morgan fingerprint density at radius 2 is 1.77 bits per heavy atom. The van der Waals surface area contributed by atoms with Crippen LogP contribution < -0.4 is 0 Å². The van der Waals surface area contributed by atoms with E-state index < -0.39 is 17.7 Å². The first-order chi connectivity index (χ1) is 12.6. The molecule has 1 atom stereocenters. The molecule has 2 aromatic carbocycles. The normalized spacial score (nSPS) is 17.7. The van der Waals surface area contributed by atoms with E-state index in [0.717, 1.165) is 37.0 Å². The van der Waals surface area contributed by atoms with Gasteiger partial charge in [0.1, 0.15) is 23.6 Å². The quantitative estimate of drug-likeness (QED) is 0.766. The summed E-state index contributed by atoms with van der Waals surface area (Å²) in [6.07, 6.45) is 0.674. The van der Waals surface area contributed by atoms with Crippen molar-refractivity contribution in [1.82, 2.24) is 14.9 Å². The summed E-state index contributed by atoms with van der Waals surface area (Å²) < 4.78 is 35.2. The van der Waals surface area contributed by atoms with Crippen molar-refractivity contribution in [3.63, 3.8) is 0 Å². The van der Waals surface area contributed by atoms with Crippen LogP contribution in [-0.4, -0.2) is 41.1 Å². The van der Waals surface area contributed by atoms with Gasteiger partial charge in [-0.2, -0.15) is 0 Å². The fourth-order valence-corrected chi connectivity index (χ4v) is 3.44. The molecule has 0 saturated carbocycles. The van der Waals surface area contributed by atoms with Gasteiger partial charge in [-0.3, -0.25) is 0 Å². The predicted octanol–water partition coefficient (Wildman–Crippen LogP) is 4.04. The molecular formula is C20H21F2N3O. The summed E-state index contributed by atoms with van der Waals surface area (Å²) in [5.74, 6) is -0.819. The van der Waals surface area contributed by atoms with E-state index in [4.69, 9.17) is 4.74 Å². The van der Waals surface area contributed by atoms with Crippen LogP contribution >= 0.6 is 0 Å². The lowest BCUT2D eigenvalue weighted by Crippen LogP contribution is -2.35. The molecule has 1 aromatic heterocycles. The Morgan fingerprint density at radius 1 is 1.08 bits per heavy atom. The number of para-hydroxylation sites is 2. The molecule has 26 heavy (non-hydrogen) atoms. The number of nitrogens with zero attached hydrogens (tertiary/aromatic N) is 2. The second-order valence-corrected chi connectivity index (χ2v) is 6.79. The Bertz CT molecular complexity index is 850. The van der Waals surface area contributed by atoms with E-state index in [2.05, 4.69) is 21.9 Å². The maximum atomic E-state index is 14.5. The maximum Gasteiger partial charge on any atom is 0.146 e. The van der Waals surface area contributed by atoms with Crippen molar-refractivity contribution in [3.05, 3.63) is 65.5 Å². The lowest BCUT2D eigenvalue weighted by Gasteiger charge is -2.31. The van der Waals surface area contributed by atoms with Gasteiger partial charge in [0.25, 0.3) is 0 Å². The van der Waals surface area contributed by atoms with Crippen molar-refractivity contribution in [2.75, 3.05) is 20.1 Å². The third-order valence-corrected chi connectivity index (χ3v) is 4.91. The minimum atomic E-state index is -0.906. The number of halogens is 2. The van der Waals surface area contributed by atoms with Gasteiger partial charge < -0.3 is 14.6 Å². The number of ether oxygens (including phenoxy) is 1. The SMILES string of the molecule is CN1CCC(OC(c2nc3ccccc3[nH]2)c2c(F)cccc2F)CC1. The van der Waals surface area contributed by atoms with Crippen LogP contribution in [-0.2, 0) is 4.74 Å². The van der Waals surface area contributed by atoms with E-state index in [1.807, 2.05) is 24.3 Å². The molecule has 0 amide bonds. The Labute approximate surface area is 150 Å². The van der Waals surface area contributed by atoms with Crippen molar-refractivity contribution < 1.29 is 13.5 Å².